The molecule has 6 heteroatoms. The highest BCUT2D eigenvalue weighted by molar-refractivity contribution is 9.10. The van der Waals surface area contributed by atoms with Crippen LogP contribution in [0.1, 0.15) is 26.8 Å². The highest BCUT2D eigenvalue weighted by atomic mass is 79.9. The van der Waals surface area contributed by atoms with Gasteiger partial charge >= 0.3 is 0 Å². The quantitative estimate of drug-likeness (QED) is 0.730. The van der Waals surface area contributed by atoms with Crippen molar-refractivity contribution < 1.29 is 5.11 Å². The van der Waals surface area contributed by atoms with Crippen molar-refractivity contribution in [3.8, 4) is 0 Å². The molecule has 88 valence electrons. The van der Waals surface area contributed by atoms with Crippen molar-refractivity contribution >= 4 is 47.4 Å². The van der Waals surface area contributed by atoms with Gasteiger partial charge in [-0.15, -0.1) is 5.79 Å². The first-order valence-electron chi connectivity index (χ1n) is 5.83. The second kappa shape index (κ2) is 5.80. The third-order valence-electron chi connectivity index (χ3n) is 3.01. The summed E-state index contributed by atoms with van der Waals surface area (Å²) in [6.07, 6.45) is 0. The van der Waals surface area contributed by atoms with Crippen molar-refractivity contribution in [2.45, 2.75) is 15.5 Å². The van der Waals surface area contributed by atoms with Crippen LogP contribution < -0.4 is 0 Å². The first kappa shape index (κ1) is 13.5. The molecule has 2 unspecified atom stereocenters. The van der Waals surface area contributed by atoms with Gasteiger partial charge in [-0.2, -0.15) is 0 Å². The van der Waals surface area contributed by atoms with Crippen LogP contribution in [0.25, 0.3) is 0 Å². The predicted octanol–water partition coefficient (Wildman–Crippen LogP) is 1.30. The van der Waals surface area contributed by atoms with E-state index in [1.165, 1.54) is 11.4 Å². The van der Waals surface area contributed by atoms with E-state index < -0.39 is 0 Å². The predicted molar refractivity (Wildman–Crippen MR) is 77.6 cm³/mol. The maximum absolute atomic E-state index is 9.59. The summed E-state index contributed by atoms with van der Waals surface area (Å²) in [5, 5.41) is 9.59. The van der Waals surface area contributed by atoms with Gasteiger partial charge in [-0.3, -0.25) is 0 Å². The molecule has 2 aromatic heterocycles. The molecule has 17 heavy (non-hydrogen) atoms. The molecule has 0 fully saturated rings. The number of halogens is 1. The van der Waals surface area contributed by atoms with Crippen LogP contribution in [0.3, 0.4) is 0 Å². The number of rotatable bonds is 4. The highest BCUT2D eigenvalue weighted by Gasteiger charge is 2.17. The fraction of sp³-hybridized carbons (Fsp3) is 0.273. The van der Waals surface area contributed by atoms with Crippen molar-refractivity contribution in [3.63, 3.8) is 0 Å². The Labute approximate surface area is 123 Å². The fourth-order valence-electron chi connectivity index (χ4n) is 2.07. The Bertz CT molecular complexity index is 495. The average Bonchev–Trinajstić information content (AvgIpc) is 2.89. The molecule has 3 N–H and O–H groups in total. The molecule has 2 rings (SSSR count). The molecule has 0 bridgehead atoms. The summed E-state index contributed by atoms with van der Waals surface area (Å²) in [5.41, 5.74) is 3.42. The lowest BCUT2D eigenvalue weighted by atomic mass is 10.2. The standard InChI is InChI=1S/C10H9BrN2O.CH3.2Al.3H/c11-10-4-3-8(13-10)5-7-1-2-9(6-14)12-7;;;;;;/h1-6,12-14H;1H3;;;;;. The van der Waals surface area contributed by atoms with Crippen LogP contribution in [0.15, 0.2) is 28.9 Å². The molecule has 0 radical (unpaired) electrons. The van der Waals surface area contributed by atoms with Crippen LogP contribution in [-0.4, -0.2) is 46.6 Å². The maximum Gasteiger partial charge on any atom is 0.268 e. The Morgan fingerprint density at radius 3 is 2.24 bits per heavy atom. The lowest BCUT2D eigenvalue weighted by Gasteiger charge is -2.11. The lowest BCUT2D eigenvalue weighted by Crippen LogP contribution is -2.08. The first-order chi connectivity index (χ1) is 8.11. The summed E-state index contributed by atoms with van der Waals surface area (Å²) >= 11 is 3.99. The summed E-state index contributed by atoms with van der Waals surface area (Å²) in [4.78, 5) is 6.40. The molecule has 0 aromatic carbocycles. The van der Waals surface area contributed by atoms with Gasteiger partial charge in [0, 0.05) is 22.0 Å². The van der Waals surface area contributed by atoms with Crippen LogP contribution >= 0.6 is 15.9 Å². The minimum absolute atomic E-state index is 0.220. The van der Waals surface area contributed by atoms with Crippen LogP contribution in [0, 0.1) is 0 Å². The minimum atomic E-state index is -0.293. The van der Waals surface area contributed by atoms with E-state index in [1.807, 2.05) is 12.1 Å². The number of hydrogen-bond acceptors (Lipinski definition) is 1. The molecule has 0 amide bonds. The fourth-order valence-corrected chi connectivity index (χ4v) is 4.13. The van der Waals surface area contributed by atoms with E-state index in [-0.39, 0.29) is 20.2 Å². The van der Waals surface area contributed by atoms with E-state index in [0.29, 0.717) is 4.78 Å². The molecule has 0 saturated heterocycles. The van der Waals surface area contributed by atoms with E-state index in [2.05, 4.69) is 43.8 Å². The van der Waals surface area contributed by atoms with E-state index in [4.69, 9.17) is 0 Å². The van der Waals surface area contributed by atoms with Crippen LogP contribution in [0.4, 0.5) is 0 Å². The number of H-pyrrole nitrogens is 2. The summed E-state index contributed by atoms with van der Waals surface area (Å²) < 4.78 is 1.49. The number of aliphatic hydroxyl groups excluding tert-OH is 1. The molecule has 3 nitrogen and oxygen atoms in total. The van der Waals surface area contributed by atoms with E-state index in [9.17, 15) is 5.11 Å². The zero-order valence-electron chi connectivity index (χ0n) is 10.00. The molecule has 0 aliphatic rings. The summed E-state index contributed by atoms with van der Waals surface area (Å²) in [5.74, 6) is 2.30. The minimum Gasteiger partial charge on any atom is -0.403 e. The Morgan fingerprint density at radius 1 is 1.18 bits per heavy atom. The van der Waals surface area contributed by atoms with Gasteiger partial charge in [0.2, 0.25) is 0 Å². The lowest BCUT2D eigenvalue weighted by molar-refractivity contribution is 0.257. The Morgan fingerprint density at radius 2 is 1.76 bits per heavy atom. The van der Waals surface area contributed by atoms with Gasteiger partial charge in [-0.05, 0) is 45.0 Å². The van der Waals surface area contributed by atoms with E-state index >= 15 is 0 Å². The van der Waals surface area contributed by atoms with E-state index in [0.717, 1.165) is 26.6 Å². The largest absolute Gasteiger partial charge is 0.403 e. The zero-order chi connectivity index (χ0) is 12.4. The topological polar surface area (TPSA) is 51.8 Å². The van der Waals surface area contributed by atoms with Crippen LogP contribution in [-0.2, 0) is 0 Å². The molecule has 0 saturated carbocycles. The van der Waals surface area contributed by atoms with Gasteiger partial charge in [0.05, 0.1) is 4.60 Å². The number of aromatic nitrogens is 2. The van der Waals surface area contributed by atoms with Crippen LogP contribution in [0.2, 0.25) is 5.79 Å². The molecule has 2 atom stereocenters. The number of nitrogens with one attached hydrogen (secondary N) is 2. The van der Waals surface area contributed by atoms with Gasteiger partial charge in [-0.1, -0.05) is 0 Å². The van der Waals surface area contributed by atoms with Crippen molar-refractivity contribution in [1.82, 2.24) is 9.97 Å². The van der Waals surface area contributed by atoms with Gasteiger partial charge in [0.15, 0.2) is 0 Å². The number of hydrogen-bond donors (Lipinski definition) is 3. The van der Waals surface area contributed by atoms with E-state index in [1.54, 1.807) is 0 Å². The monoisotopic (exact) mass is 324 g/mol. The Kier molecular flexibility index (Phi) is 4.61. The second-order valence-electron chi connectivity index (χ2n) is 4.27. The Balaban J connectivity index is 2.28. The average molecular weight is 325 g/mol. The Hall–Kier alpha value is 0.0649. The van der Waals surface area contributed by atoms with Gasteiger partial charge in [0.1, 0.15) is 0 Å². The van der Waals surface area contributed by atoms with Gasteiger partial charge in [-0.25, -0.2) is 0 Å². The zero-order valence-corrected chi connectivity index (χ0v) is 15.0. The molecule has 0 spiro atoms. The molecular formula is C11H15Al2BrN2O. The molecule has 2 aromatic rings. The van der Waals surface area contributed by atoms with Crippen LogP contribution in [0.5, 0.6) is 0 Å². The van der Waals surface area contributed by atoms with Crippen molar-refractivity contribution in [2.75, 3.05) is 0 Å². The van der Waals surface area contributed by atoms with Crippen molar-refractivity contribution in [3.05, 3.63) is 46.0 Å². The summed E-state index contributed by atoms with van der Waals surface area (Å²) in [6.45, 7) is 0. The highest BCUT2D eigenvalue weighted by Crippen LogP contribution is 2.25. The normalized spacial score (nSPS) is 14.5. The SMILES string of the molecule is [CH3][AlH][CH](c1ccc(Br)[nH]1)c1ccc([CH](O)[AlH2])[nH]1. The van der Waals surface area contributed by atoms with Gasteiger partial charge < -0.3 is 15.1 Å². The summed E-state index contributed by atoms with van der Waals surface area (Å²) in [7, 11) is 0. The molecule has 0 aliphatic carbocycles. The smallest absolute Gasteiger partial charge is 0.268 e. The third-order valence-corrected chi connectivity index (χ3v) is 5.79. The van der Waals surface area contributed by atoms with Crippen molar-refractivity contribution in [1.29, 1.82) is 0 Å². The molecule has 0 aliphatic heterocycles. The summed E-state index contributed by atoms with van der Waals surface area (Å²) in [6, 6.07) is 8.27. The van der Waals surface area contributed by atoms with Crippen molar-refractivity contribution in [2.24, 2.45) is 0 Å². The molecule has 2 heterocycles. The number of aliphatic hydroxyl groups is 1. The second-order valence-corrected chi connectivity index (χ2v) is 7.85. The number of aromatic amines is 2. The van der Waals surface area contributed by atoms with Gasteiger partial charge in [0.25, 0.3) is 31.5 Å². The maximum atomic E-state index is 9.59. The molecular weight excluding hydrogens is 310 g/mol. The first-order valence-corrected chi connectivity index (χ1v) is 10.0. The third kappa shape index (κ3) is 3.09.